The van der Waals surface area contributed by atoms with E-state index in [-0.39, 0.29) is 32.5 Å². The third kappa shape index (κ3) is 4.85. The average molecular weight is 543 g/mol. The summed E-state index contributed by atoms with van der Waals surface area (Å²) in [6, 6.07) is 11.5. The van der Waals surface area contributed by atoms with E-state index in [0.29, 0.717) is 10.5 Å². The van der Waals surface area contributed by atoms with Gasteiger partial charge in [-0.05, 0) is 48.0 Å². The second-order valence-corrected chi connectivity index (χ2v) is 8.96. The van der Waals surface area contributed by atoms with Crippen LogP contribution in [0.1, 0.15) is 24.8 Å². The lowest BCUT2D eigenvalue weighted by molar-refractivity contribution is -0.180. The Morgan fingerprint density at radius 2 is 1.81 bits per heavy atom. The fourth-order valence-electron chi connectivity index (χ4n) is 3.84. The van der Waals surface area contributed by atoms with E-state index in [9.17, 15) is 27.2 Å². The number of alkyl halides is 3. The van der Waals surface area contributed by atoms with Crippen LogP contribution in [-0.4, -0.2) is 38.1 Å². The van der Waals surface area contributed by atoms with Gasteiger partial charge in [0, 0.05) is 40.3 Å². The number of hydrogen-bond donors (Lipinski definition) is 1. The SMILES string of the molecule is [2H]C([2H])([2H])N(C(=O)c1c(F)cccc1Cl)c1ccc(-c2cc(C(N)=O)ccc2Cl)cc1N1CC(C(F)(F)F)C1. The standard InChI is InChI=1S/C25H19Cl2F4N3O2/c1-33(24(36)22-18(27)3-2-4-19(22)28)20-8-6-13(16-9-14(23(32)35)5-7-17(16)26)10-21(20)34-11-15(12-34)25(29,30)31/h2-10,15H,11-12H2,1H3,(H2,32,35)/i1D3. The summed E-state index contributed by atoms with van der Waals surface area (Å²) < 4.78 is 78.6. The van der Waals surface area contributed by atoms with Crippen molar-refractivity contribution in [2.24, 2.45) is 11.7 Å². The molecule has 1 saturated heterocycles. The van der Waals surface area contributed by atoms with E-state index in [0.717, 1.165) is 6.07 Å². The Balaban J connectivity index is 1.90. The number of nitrogens with zero attached hydrogens (tertiary/aromatic N) is 2. The molecule has 2 N–H and O–H groups in total. The molecule has 188 valence electrons. The Labute approximate surface area is 218 Å². The minimum atomic E-state index is -4.49. The molecule has 0 spiro atoms. The number of hydrogen-bond acceptors (Lipinski definition) is 3. The predicted octanol–water partition coefficient (Wildman–Crippen LogP) is 6.17. The van der Waals surface area contributed by atoms with Crippen molar-refractivity contribution in [2.75, 3.05) is 29.9 Å². The first-order valence-corrected chi connectivity index (χ1v) is 11.2. The van der Waals surface area contributed by atoms with Crippen LogP contribution in [0.2, 0.25) is 10.0 Å². The summed E-state index contributed by atoms with van der Waals surface area (Å²) in [6.07, 6.45) is -4.49. The Morgan fingerprint density at radius 3 is 2.42 bits per heavy atom. The van der Waals surface area contributed by atoms with Crippen molar-refractivity contribution in [1.29, 1.82) is 0 Å². The molecule has 0 unspecified atom stereocenters. The number of carbonyl (C=O) groups excluding carboxylic acids is 2. The van der Waals surface area contributed by atoms with E-state index in [1.54, 1.807) is 0 Å². The van der Waals surface area contributed by atoms with Crippen LogP contribution < -0.4 is 15.5 Å². The number of anilines is 2. The summed E-state index contributed by atoms with van der Waals surface area (Å²) in [6.45, 7) is -4.21. The average Bonchev–Trinajstić information content (AvgIpc) is 2.77. The molecular formula is C25H19Cl2F4N3O2. The maximum absolute atomic E-state index is 14.6. The fourth-order valence-corrected chi connectivity index (χ4v) is 4.31. The van der Waals surface area contributed by atoms with Crippen LogP contribution in [0.15, 0.2) is 54.6 Å². The number of nitrogens with two attached hydrogens (primary N) is 1. The summed E-state index contributed by atoms with van der Waals surface area (Å²) in [5.41, 5.74) is 5.00. The maximum Gasteiger partial charge on any atom is 0.395 e. The lowest BCUT2D eigenvalue weighted by Gasteiger charge is -2.43. The molecular weight excluding hydrogens is 521 g/mol. The van der Waals surface area contributed by atoms with Crippen LogP contribution >= 0.6 is 23.2 Å². The Bertz CT molecular complexity index is 1440. The summed E-state index contributed by atoms with van der Waals surface area (Å²) in [5.74, 6) is -4.82. The molecule has 1 heterocycles. The van der Waals surface area contributed by atoms with Crippen LogP contribution in [0.5, 0.6) is 0 Å². The monoisotopic (exact) mass is 542 g/mol. The van der Waals surface area contributed by atoms with Gasteiger partial charge in [-0.1, -0.05) is 35.3 Å². The van der Waals surface area contributed by atoms with Crippen LogP contribution in [0, 0.1) is 11.7 Å². The van der Waals surface area contributed by atoms with E-state index in [1.165, 1.54) is 53.4 Å². The van der Waals surface area contributed by atoms with E-state index in [4.69, 9.17) is 33.0 Å². The molecule has 1 aliphatic rings. The highest BCUT2D eigenvalue weighted by Gasteiger charge is 2.47. The normalized spacial score (nSPS) is 15.5. The molecule has 0 bridgehead atoms. The Hall–Kier alpha value is -3.30. The minimum absolute atomic E-state index is 0.0505. The first kappa shape index (κ1) is 21.9. The number of amides is 2. The fraction of sp³-hybridized carbons (Fsp3) is 0.200. The number of benzene rings is 3. The summed E-state index contributed by atoms with van der Waals surface area (Å²) in [7, 11) is 0. The Kier molecular flexibility index (Phi) is 5.87. The number of rotatable bonds is 5. The molecule has 0 aliphatic carbocycles. The molecule has 0 radical (unpaired) electrons. The van der Waals surface area contributed by atoms with Crippen molar-refractivity contribution in [3.63, 3.8) is 0 Å². The van der Waals surface area contributed by atoms with Gasteiger partial charge in [0.2, 0.25) is 5.91 Å². The van der Waals surface area contributed by atoms with Crippen LogP contribution in [0.3, 0.4) is 0 Å². The predicted molar refractivity (Wildman–Crippen MR) is 131 cm³/mol. The van der Waals surface area contributed by atoms with Crippen molar-refractivity contribution in [2.45, 2.75) is 6.18 Å². The molecule has 0 atom stereocenters. The lowest BCUT2D eigenvalue weighted by atomic mass is 9.95. The molecule has 3 aromatic rings. The van der Waals surface area contributed by atoms with Crippen molar-refractivity contribution in [3.05, 3.63) is 81.6 Å². The molecule has 5 nitrogen and oxygen atoms in total. The zero-order valence-corrected chi connectivity index (χ0v) is 19.8. The second-order valence-electron chi connectivity index (χ2n) is 8.14. The van der Waals surface area contributed by atoms with Crippen molar-refractivity contribution in [3.8, 4) is 11.1 Å². The molecule has 2 amide bonds. The topological polar surface area (TPSA) is 66.6 Å². The van der Waals surface area contributed by atoms with Crippen molar-refractivity contribution in [1.82, 2.24) is 0 Å². The molecule has 1 fully saturated rings. The van der Waals surface area contributed by atoms with Gasteiger partial charge in [-0.2, -0.15) is 13.2 Å². The van der Waals surface area contributed by atoms with E-state index in [1.807, 2.05) is 0 Å². The van der Waals surface area contributed by atoms with E-state index >= 15 is 0 Å². The first-order valence-electron chi connectivity index (χ1n) is 11.9. The third-order valence-corrected chi connectivity index (χ3v) is 6.49. The van der Waals surface area contributed by atoms with Crippen molar-refractivity contribution >= 4 is 46.4 Å². The second kappa shape index (κ2) is 9.63. The van der Waals surface area contributed by atoms with Gasteiger partial charge in [-0.3, -0.25) is 9.59 Å². The number of primary amides is 1. The molecule has 0 saturated carbocycles. The Morgan fingerprint density at radius 1 is 1.08 bits per heavy atom. The third-order valence-electron chi connectivity index (χ3n) is 5.84. The molecule has 0 aromatic heterocycles. The van der Waals surface area contributed by atoms with Gasteiger partial charge >= 0.3 is 6.18 Å². The lowest BCUT2D eigenvalue weighted by Crippen LogP contribution is -2.53. The van der Waals surface area contributed by atoms with Crippen LogP contribution in [0.4, 0.5) is 28.9 Å². The largest absolute Gasteiger partial charge is 0.395 e. The van der Waals surface area contributed by atoms with Crippen LogP contribution in [0.25, 0.3) is 11.1 Å². The maximum atomic E-state index is 14.6. The van der Waals surface area contributed by atoms with Gasteiger partial charge in [0.05, 0.1) is 27.9 Å². The highest BCUT2D eigenvalue weighted by atomic mass is 35.5. The van der Waals surface area contributed by atoms with Gasteiger partial charge in [-0.15, -0.1) is 0 Å². The molecule has 4 rings (SSSR count). The minimum Gasteiger partial charge on any atom is -0.368 e. The summed E-state index contributed by atoms with van der Waals surface area (Å²) in [4.78, 5) is 26.7. The summed E-state index contributed by atoms with van der Waals surface area (Å²) >= 11 is 12.3. The van der Waals surface area contributed by atoms with E-state index < -0.39 is 55.4 Å². The van der Waals surface area contributed by atoms with Gasteiger partial charge in [-0.25, -0.2) is 4.39 Å². The number of carbonyl (C=O) groups is 2. The zero-order valence-electron chi connectivity index (χ0n) is 21.2. The number of halogens is 6. The molecule has 3 aromatic carbocycles. The van der Waals surface area contributed by atoms with E-state index in [2.05, 4.69) is 0 Å². The highest BCUT2D eigenvalue weighted by molar-refractivity contribution is 6.35. The zero-order chi connectivity index (χ0) is 28.9. The van der Waals surface area contributed by atoms with Gasteiger partial charge in [0.1, 0.15) is 5.82 Å². The highest BCUT2D eigenvalue weighted by Crippen LogP contribution is 2.43. The molecule has 1 aliphatic heterocycles. The van der Waals surface area contributed by atoms with Gasteiger partial charge in [0.25, 0.3) is 5.91 Å². The van der Waals surface area contributed by atoms with Gasteiger partial charge in [0.15, 0.2) is 0 Å². The molecule has 11 heteroatoms. The molecule has 36 heavy (non-hydrogen) atoms. The quantitative estimate of drug-likeness (QED) is 0.392. The first-order chi connectivity index (χ1) is 18.1. The summed E-state index contributed by atoms with van der Waals surface area (Å²) in [5, 5.41) is -0.166. The van der Waals surface area contributed by atoms with Crippen molar-refractivity contribution < 1.29 is 31.3 Å². The van der Waals surface area contributed by atoms with Crippen LogP contribution in [-0.2, 0) is 0 Å². The van der Waals surface area contributed by atoms with Gasteiger partial charge < -0.3 is 15.5 Å². The smallest absolute Gasteiger partial charge is 0.368 e.